The van der Waals surface area contributed by atoms with Gasteiger partial charge in [-0.15, -0.1) is 24.8 Å². The summed E-state index contributed by atoms with van der Waals surface area (Å²) in [5.74, 6) is 1.55. The number of benzene rings is 1. The Labute approximate surface area is 151 Å². The molecule has 1 heterocycles. The zero-order chi connectivity index (χ0) is 15.1. The Morgan fingerprint density at radius 1 is 1.35 bits per heavy atom. The van der Waals surface area contributed by atoms with Gasteiger partial charge in [0.05, 0.1) is 12.8 Å². The second-order valence-corrected chi connectivity index (χ2v) is 5.43. The van der Waals surface area contributed by atoms with E-state index in [0.29, 0.717) is 12.3 Å². The molecule has 0 saturated carbocycles. The Balaban J connectivity index is 0.00000242. The van der Waals surface area contributed by atoms with Crippen LogP contribution in [-0.2, 0) is 4.79 Å². The van der Waals surface area contributed by atoms with Crippen molar-refractivity contribution < 1.29 is 9.53 Å². The number of halogens is 2. The fraction of sp³-hybridized carbons (Fsp3) is 0.562. The second kappa shape index (κ2) is 11.4. The van der Waals surface area contributed by atoms with Gasteiger partial charge in [-0.2, -0.15) is 0 Å². The van der Waals surface area contributed by atoms with Crippen molar-refractivity contribution in [2.75, 3.05) is 45.2 Å². The molecule has 0 radical (unpaired) electrons. The van der Waals surface area contributed by atoms with E-state index in [1.807, 2.05) is 25.2 Å². The van der Waals surface area contributed by atoms with Crippen LogP contribution in [0.15, 0.2) is 24.3 Å². The number of hydrogen-bond donors (Lipinski definition) is 2. The van der Waals surface area contributed by atoms with E-state index < -0.39 is 0 Å². The maximum absolute atomic E-state index is 11.6. The van der Waals surface area contributed by atoms with Crippen LogP contribution in [0.1, 0.15) is 12.8 Å². The molecular weight excluding hydrogens is 337 g/mol. The minimum absolute atomic E-state index is 0. The third-order valence-electron chi connectivity index (χ3n) is 3.90. The van der Waals surface area contributed by atoms with E-state index in [1.165, 1.54) is 0 Å². The Morgan fingerprint density at radius 2 is 2.09 bits per heavy atom. The van der Waals surface area contributed by atoms with Crippen LogP contribution in [0.2, 0.25) is 0 Å². The summed E-state index contributed by atoms with van der Waals surface area (Å²) in [5.41, 5.74) is 1.14. The molecule has 2 N–H and O–H groups in total. The molecule has 1 aromatic carbocycles. The Bertz CT molecular complexity index is 474. The number of nitrogens with one attached hydrogen (secondary N) is 2. The largest absolute Gasteiger partial charge is 0.495 e. The van der Waals surface area contributed by atoms with Crippen molar-refractivity contribution in [1.82, 2.24) is 10.6 Å². The highest BCUT2D eigenvalue weighted by Gasteiger charge is 2.24. The second-order valence-electron chi connectivity index (χ2n) is 5.43. The van der Waals surface area contributed by atoms with Gasteiger partial charge in [0.2, 0.25) is 5.91 Å². The number of carbonyl (C=O) groups excluding carboxylic acids is 1. The summed E-state index contributed by atoms with van der Waals surface area (Å²) < 4.78 is 5.42. The molecular formula is C16H27Cl2N3O2. The molecule has 0 spiro atoms. The molecule has 1 unspecified atom stereocenters. The van der Waals surface area contributed by atoms with Crippen LogP contribution in [0.5, 0.6) is 5.75 Å². The van der Waals surface area contributed by atoms with Crippen molar-refractivity contribution in [2.45, 2.75) is 12.8 Å². The van der Waals surface area contributed by atoms with Crippen molar-refractivity contribution in [2.24, 2.45) is 5.92 Å². The number of nitrogens with zero attached hydrogens (tertiary/aromatic N) is 1. The van der Waals surface area contributed by atoms with Crippen LogP contribution < -0.4 is 20.3 Å². The monoisotopic (exact) mass is 363 g/mol. The summed E-state index contributed by atoms with van der Waals surface area (Å²) in [7, 11) is 3.56. The molecule has 1 aromatic rings. The Kier molecular flexibility index (Phi) is 10.8. The SMILES string of the molecule is CNCCC(=O)NCC1CCN(c2ccccc2OC)C1.Cl.Cl. The van der Waals surface area contributed by atoms with Crippen LogP contribution in [0, 0.1) is 5.92 Å². The van der Waals surface area contributed by atoms with E-state index in [4.69, 9.17) is 4.74 Å². The highest BCUT2D eigenvalue weighted by Crippen LogP contribution is 2.31. The molecule has 0 aromatic heterocycles. The van der Waals surface area contributed by atoms with E-state index in [2.05, 4.69) is 21.6 Å². The average Bonchev–Trinajstić information content (AvgIpc) is 2.99. The summed E-state index contributed by atoms with van der Waals surface area (Å²) in [6, 6.07) is 8.09. The van der Waals surface area contributed by atoms with Crippen LogP contribution >= 0.6 is 24.8 Å². The molecule has 23 heavy (non-hydrogen) atoms. The van der Waals surface area contributed by atoms with Gasteiger partial charge in [-0.25, -0.2) is 0 Å². The van der Waals surface area contributed by atoms with Gasteiger partial charge in [0.25, 0.3) is 0 Å². The molecule has 1 saturated heterocycles. The molecule has 7 heteroatoms. The lowest BCUT2D eigenvalue weighted by molar-refractivity contribution is -0.121. The minimum atomic E-state index is 0. The number of anilines is 1. The fourth-order valence-corrected chi connectivity index (χ4v) is 2.69. The minimum Gasteiger partial charge on any atom is -0.495 e. The predicted octanol–water partition coefficient (Wildman–Crippen LogP) is 2.09. The Morgan fingerprint density at radius 3 is 2.78 bits per heavy atom. The van der Waals surface area contributed by atoms with E-state index in [9.17, 15) is 4.79 Å². The zero-order valence-corrected chi connectivity index (χ0v) is 15.3. The quantitative estimate of drug-likeness (QED) is 0.778. The fourth-order valence-electron chi connectivity index (χ4n) is 2.69. The first kappa shape index (κ1) is 21.8. The van der Waals surface area contributed by atoms with E-state index in [0.717, 1.165) is 44.0 Å². The number of rotatable bonds is 7. The van der Waals surface area contributed by atoms with Crippen molar-refractivity contribution in [3.05, 3.63) is 24.3 Å². The van der Waals surface area contributed by atoms with Crippen LogP contribution in [0.25, 0.3) is 0 Å². The Hall–Kier alpha value is -1.17. The molecule has 1 aliphatic heterocycles. The molecule has 0 aliphatic carbocycles. The highest BCUT2D eigenvalue weighted by molar-refractivity contribution is 5.85. The normalized spacial score (nSPS) is 16.3. The van der Waals surface area contributed by atoms with E-state index >= 15 is 0 Å². The van der Waals surface area contributed by atoms with Gasteiger partial charge in [0, 0.05) is 32.6 Å². The number of hydrogen-bond acceptors (Lipinski definition) is 4. The van der Waals surface area contributed by atoms with E-state index in [1.54, 1.807) is 7.11 Å². The average molecular weight is 364 g/mol. The summed E-state index contributed by atoms with van der Waals surface area (Å²) in [5, 5.41) is 6.01. The molecule has 0 bridgehead atoms. The van der Waals surface area contributed by atoms with Gasteiger partial charge in [-0.1, -0.05) is 12.1 Å². The van der Waals surface area contributed by atoms with Gasteiger partial charge >= 0.3 is 0 Å². The van der Waals surface area contributed by atoms with Gasteiger partial charge in [0.15, 0.2) is 0 Å². The first-order chi connectivity index (χ1) is 10.2. The number of amides is 1. The number of ether oxygens (including phenoxy) is 1. The molecule has 132 valence electrons. The first-order valence-corrected chi connectivity index (χ1v) is 7.54. The maximum atomic E-state index is 11.6. The topological polar surface area (TPSA) is 53.6 Å². The lowest BCUT2D eigenvalue weighted by Crippen LogP contribution is -2.32. The zero-order valence-electron chi connectivity index (χ0n) is 13.7. The third-order valence-corrected chi connectivity index (χ3v) is 3.90. The van der Waals surface area contributed by atoms with Crippen molar-refractivity contribution in [3.8, 4) is 5.75 Å². The van der Waals surface area contributed by atoms with Crippen molar-refractivity contribution >= 4 is 36.4 Å². The summed E-state index contributed by atoms with van der Waals surface area (Å²) in [6.45, 7) is 3.46. The molecule has 1 aliphatic rings. The lowest BCUT2D eigenvalue weighted by atomic mass is 10.1. The summed E-state index contributed by atoms with van der Waals surface area (Å²) >= 11 is 0. The van der Waals surface area contributed by atoms with Gasteiger partial charge in [0.1, 0.15) is 5.75 Å². The van der Waals surface area contributed by atoms with Gasteiger partial charge in [-0.05, 0) is 31.5 Å². The summed E-state index contributed by atoms with van der Waals surface area (Å²) in [4.78, 5) is 14.0. The van der Waals surface area contributed by atoms with Gasteiger partial charge in [-0.3, -0.25) is 4.79 Å². The maximum Gasteiger partial charge on any atom is 0.221 e. The first-order valence-electron chi connectivity index (χ1n) is 7.54. The van der Waals surface area contributed by atoms with Crippen molar-refractivity contribution in [3.63, 3.8) is 0 Å². The van der Waals surface area contributed by atoms with Crippen LogP contribution in [0.4, 0.5) is 5.69 Å². The number of methoxy groups -OCH3 is 1. The number of carbonyl (C=O) groups is 1. The molecule has 2 rings (SSSR count). The number of para-hydroxylation sites is 2. The third kappa shape index (κ3) is 6.45. The highest BCUT2D eigenvalue weighted by atomic mass is 35.5. The van der Waals surface area contributed by atoms with Crippen molar-refractivity contribution in [1.29, 1.82) is 0 Å². The molecule has 1 atom stereocenters. The molecule has 5 nitrogen and oxygen atoms in total. The van der Waals surface area contributed by atoms with Gasteiger partial charge < -0.3 is 20.3 Å². The molecule has 1 fully saturated rings. The smallest absolute Gasteiger partial charge is 0.221 e. The van der Waals surface area contributed by atoms with E-state index in [-0.39, 0.29) is 30.7 Å². The van der Waals surface area contributed by atoms with Crippen LogP contribution in [0.3, 0.4) is 0 Å². The van der Waals surface area contributed by atoms with Crippen LogP contribution in [-0.4, -0.2) is 46.2 Å². The lowest BCUT2D eigenvalue weighted by Gasteiger charge is -2.21. The predicted molar refractivity (Wildman–Crippen MR) is 99.4 cm³/mol. The molecule has 1 amide bonds. The summed E-state index contributed by atoms with van der Waals surface area (Å²) in [6.07, 6.45) is 1.64. The standard InChI is InChI=1S/C16H25N3O2.2ClH/c1-17-9-7-16(20)18-11-13-8-10-19(12-13)14-5-3-4-6-15(14)21-2;;/h3-6,13,17H,7-12H2,1-2H3,(H,18,20);2*1H.